The number of fused-ring (bicyclic) bond motifs is 1. The second-order valence-electron chi connectivity index (χ2n) is 6.92. The van der Waals surface area contributed by atoms with E-state index in [0.717, 1.165) is 16.5 Å². The zero-order chi connectivity index (χ0) is 21.2. The van der Waals surface area contributed by atoms with Gasteiger partial charge in [-0.1, -0.05) is 54.6 Å². The molecule has 0 aliphatic rings. The van der Waals surface area contributed by atoms with Crippen LogP contribution in [0.25, 0.3) is 33.6 Å². The summed E-state index contributed by atoms with van der Waals surface area (Å²) in [6, 6.07) is 25.2. The van der Waals surface area contributed by atoms with Crippen LogP contribution in [0.1, 0.15) is 10.4 Å². The summed E-state index contributed by atoms with van der Waals surface area (Å²) < 4.78 is 11.3. The highest BCUT2D eigenvalue weighted by atomic mass is 32.1. The molecule has 152 valence electrons. The Bertz CT molecular complexity index is 1350. The van der Waals surface area contributed by atoms with E-state index in [9.17, 15) is 4.79 Å². The van der Waals surface area contributed by atoms with Crippen LogP contribution in [0.5, 0.6) is 5.75 Å². The molecule has 6 heteroatoms. The lowest BCUT2D eigenvalue weighted by Crippen LogP contribution is -2.11. The number of anilines is 1. The van der Waals surface area contributed by atoms with Crippen LogP contribution in [0, 0.1) is 0 Å². The standard InChI is InChI=1S/C25H18N2O3S/c1-29-21-9-5-8-19-14-22(30-23(19)21)20-15-31-25(26-20)27-24(28)18-12-10-17(11-13-18)16-6-3-2-4-7-16/h2-15H,1H3,(H,26,27,28). The molecule has 5 aromatic rings. The molecule has 2 aromatic heterocycles. The Morgan fingerprint density at radius 1 is 0.968 bits per heavy atom. The van der Waals surface area contributed by atoms with Gasteiger partial charge in [-0.3, -0.25) is 10.1 Å². The maximum atomic E-state index is 12.6. The molecule has 0 unspecified atom stereocenters. The molecule has 1 N–H and O–H groups in total. The fourth-order valence-corrected chi connectivity index (χ4v) is 4.08. The Morgan fingerprint density at radius 3 is 2.52 bits per heavy atom. The Balaban J connectivity index is 1.33. The van der Waals surface area contributed by atoms with E-state index in [1.165, 1.54) is 11.3 Å². The van der Waals surface area contributed by atoms with E-state index in [2.05, 4.69) is 10.3 Å². The number of carbonyl (C=O) groups excluding carboxylic acids is 1. The first-order valence-corrected chi connectivity index (χ1v) is 10.6. The van der Waals surface area contributed by atoms with Gasteiger partial charge in [0, 0.05) is 16.3 Å². The largest absolute Gasteiger partial charge is 0.493 e. The van der Waals surface area contributed by atoms with Crippen molar-refractivity contribution in [3.8, 4) is 28.3 Å². The van der Waals surface area contributed by atoms with Crippen LogP contribution in [0.15, 0.2) is 88.7 Å². The number of nitrogens with one attached hydrogen (secondary N) is 1. The van der Waals surface area contributed by atoms with Crippen LogP contribution < -0.4 is 10.1 Å². The molecule has 0 radical (unpaired) electrons. The van der Waals surface area contributed by atoms with Gasteiger partial charge in [-0.25, -0.2) is 4.98 Å². The van der Waals surface area contributed by atoms with E-state index in [1.807, 2.05) is 84.2 Å². The van der Waals surface area contributed by atoms with Crippen molar-refractivity contribution in [1.82, 2.24) is 4.98 Å². The van der Waals surface area contributed by atoms with E-state index in [4.69, 9.17) is 9.15 Å². The quantitative estimate of drug-likeness (QED) is 0.349. The average Bonchev–Trinajstić information content (AvgIpc) is 3.46. The van der Waals surface area contributed by atoms with E-state index in [0.29, 0.717) is 33.5 Å². The van der Waals surface area contributed by atoms with Gasteiger partial charge < -0.3 is 9.15 Å². The summed E-state index contributed by atoms with van der Waals surface area (Å²) in [4.78, 5) is 17.2. The first kappa shape index (κ1) is 19.1. The lowest BCUT2D eigenvalue weighted by atomic mass is 10.0. The minimum atomic E-state index is -0.202. The van der Waals surface area contributed by atoms with Gasteiger partial charge in [0.15, 0.2) is 22.2 Å². The predicted molar refractivity (Wildman–Crippen MR) is 124 cm³/mol. The minimum absolute atomic E-state index is 0.202. The number of hydrogen-bond donors (Lipinski definition) is 1. The number of carbonyl (C=O) groups is 1. The Labute approximate surface area is 182 Å². The summed E-state index contributed by atoms with van der Waals surface area (Å²) in [6.07, 6.45) is 0. The van der Waals surface area contributed by atoms with Gasteiger partial charge in [0.1, 0.15) is 5.69 Å². The summed E-state index contributed by atoms with van der Waals surface area (Å²) >= 11 is 1.35. The molecule has 31 heavy (non-hydrogen) atoms. The van der Waals surface area contributed by atoms with Gasteiger partial charge >= 0.3 is 0 Å². The lowest BCUT2D eigenvalue weighted by Gasteiger charge is -2.04. The number of amides is 1. The molecule has 0 fully saturated rings. The van der Waals surface area contributed by atoms with Gasteiger partial charge in [0.25, 0.3) is 5.91 Å². The molecule has 0 saturated heterocycles. The van der Waals surface area contributed by atoms with Crippen molar-refractivity contribution in [1.29, 1.82) is 0 Å². The maximum Gasteiger partial charge on any atom is 0.257 e. The first-order chi connectivity index (χ1) is 15.2. The highest BCUT2D eigenvalue weighted by molar-refractivity contribution is 7.14. The number of benzene rings is 3. The van der Waals surface area contributed by atoms with E-state index < -0.39 is 0 Å². The Morgan fingerprint density at radius 2 is 1.74 bits per heavy atom. The van der Waals surface area contributed by atoms with Crippen LogP contribution in [-0.2, 0) is 0 Å². The number of thiazole rings is 1. The summed E-state index contributed by atoms with van der Waals surface area (Å²) in [5, 5.41) is 6.18. The third kappa shape index (κ3) is 3.81. The topological polar surface area (TPSA) is 64.4 Å². The zero-order valence-electron chi connectivity index (χ0n) is 16.7. The monoisotopic (exact) mass is 426 g/mol. The SMILES string of the molecule is COc1cccc2cc(-c3csc(NC(=O)c4ccc(-c5ccccc5)cc4)n3)oc12. The number of rotatable bonds is 5. The maximum absolute atomic E-state index is 12.6. The number of nitrogens with zero attached hydrogens (tertiary/aromatic N) is 1. The molecular formula is C25H18N2O3S. The van der Waals surface area contributed by atoms with Crippen molar-refractivity contribution < 1.29 is 13.9 Å². The van der Waals surface area contributed by atoms with Crippen LogP contribution in [0.2, 0.25) is 0 Å². The summed E-state index contributed by atoms with van der Waals surface area (Å²) in [7, 11) is 1.61. The van der Waals surface area contributed by atoms with Crippen molar-refractivity contribution in [2.75, 3.05) is 12.4 Å². The van der Waals surface area contributed by atoms with Crippen LogP contribution >= 0.6 is 11.3 Å². The fraction of sp³-hybridized carbons (Fsp3) is 0.0400. The van der Waals surface area contributed by atoms with Crippen LogP contribution in [-0.4, -0.2) is 18.0 Å². The number of para-hydroxylation sites is 1. The van der Waals surface area contributed by atoms with Crippen molar-refractivity contribution in [2.24, 2.45) is 0 Å². The molecule has 5 nitrogen and oxygen atoms in total. The molecule has 0 bridgehead atoms. The summed E-state index contributed by atoms with van der Waals surface area (Å²) in [5.74, 6) is 1.10. The zero-order valence-corrected chi connectivity index (χ0v) is 17.5. The smallest absolute Gasteiger partial charge is 0.257 e. The number of ether oxygens (including phenoxy) is 1. The normalized spacial score (nSPS) is 10.9. The molecule has 1 amide bonds. The molecule has 0 aliphatic heterocycles. The van der Waals surface area contributed by atoms with Crippen molar-refractivity contribution in [3.63, 3.8) is 0 Å². The highest BCUT2D eigenvalue weighted by Crippen LogP contribution is 2.34. The van der Waals surface area contributed by atoms with E-state index in [1.54, 1.807) is 7.11 Å². The van der Waals surface area contributed by atoms with Crippen LogP contribution in [0.3, 0.4) is 0 Å². The molecule has 5 rings (SSSR count). The van der Waals surface area contributed by atoms with Crippen molar-refractivity contribution >= 4 is 33.3 Å². The van der Waals surface area contributed by atoms with Gasteiger partial charge in [-0.2, -0.15) is 0 Å². The van der Waals surface area contributed by atoms with Gasteiger partial charge in [0.2, 0.25) is 0 Å². The predicted octanol–water partition coefficient (Wildman–Crippen LogP) is 6.48. The third-order valence-electron chi connectivity index (χ3n) is 4.96. The van der Waals surface area contributed by atoms with Gasteiger partial charge in [0.05, 0.1) is 7.11 Å². The minimum Gasteiger partial charge on any atom is -0.493 e. The number of hydrogen-bond acceptors (Lipinski definition) is 5. The van der Waals surface area contributed by atoms with Gasteiger partial charge in [-0.15, -0.1) is 11.3 Å². The lowest BCUT2D eigenvalue weighted by molar-refractivity contribution is 0.102. The Hall–Kier alpha value is -3.90. The molecule has 0 saturated carbocycles. The molecular weight excluding hydrogens is 408 g/mol. The van der Waals surface area contributed by atoms with E-state index in [-0.39, 0.29) is 5.91 Å². The second kappa shape index (κ2) is 8.08. The summed E-state index contributed by atoms with van der Waals surface area (Å²) in [5.41, 5.74) is 4.09. The number of methoxy groups -OCH3 is 1. The molecule has 0 aliphatic carbocycles. The molecule has 3 aromatic carbocycles. The molecule has 0 spiro atoms. The molecule has 2 heterocycles. The number of furan rings is 1. The fourth-order valence-electron chi connectivity index (χ4n) is 3.38. The summed E-state index contributed by atoms with van der Waals surface area (Å²) in [6.45, 7) is 0. The highest BCUT2D eigenvalue weighted by Gasteiger charge is 2.14. The first-order valence-electron chi connectivity index (χ1n) is 9.70. The van der Waals surface area contributed by atoms with Gasteiger partial charge in [-0.05, 0) is 35.4 Å². The Kier molecular flexibility index (Phi) is 4.98. The van der Waals surface area contributed by atoms with Crippen molar-refractivity contribution in [3.05, 3.63) is 89.8 Å². The van der Waals surface area contributed by atoms with Crippen molar-refractivity contribution in [2.45, 2.75) is 0 Å². The third-order valence-corrected chi connectivity index (χ3v) is 5.72. The average molecular weight is 426 g/mol. The second-order valence-corrected chi connectivity index (χ2v) is 7.78. The number of aromatic nitrogens is 1. The molecule has 0 atom stereocenters. The van der Waals surface area contributed by atoms with Crippen LogP contribution in [0.4, 0.5) is 5.13 Å². The van der Waals surface area contributed by atoms with E-state index >= 15 is 0 Å².